The molecule has 4 rings (SSSR count). The van der Waals surface area contributed by atoms with E-state index in [2.05, 4.69) is 60.0 Å². The summed E-state index contributed by atoms with van der Waals surface area (Å²) >= 11 is 1.71. The number of aromatic nitrogens is 1. The van der Waals surface area contributed by atoms with E-state index in [4.69, 9.17) is 4.42 Å². The lowest BCUT2D eigenvalue weighted by molar-refractivity contribution is -0.122. The smallest absolute Gasteiger partial charge is 0.210 e. The van der Waals surface area contributed by atoms with E-state index in [-0.39, 0.29) is 12.1 Å². The number of carbonyl (C=O) groups is 1. The number of hydrogen-bond donors (Lipinski definition) is 1. The molecule has 0 bridgehead atoms. The topological polar surface area (TPSA) is 58.4 Å². The van der Waals surface area contributed by atoms with E-state index < -0.39 is 0 Å². The molecule has 1 amide bonds. The second kappa shape index (κ2) is 11.5. The first-order valence-corrected chi connectivity index (χ1v) is 12.6. The van der Waals surface area contributed by atoms with Crippen molar-refractivity contribution in [3.8, 4) is 11.3 Å². The molecule has 3 aromatic rings. The summed E-state index contributed by atoms with van der Waals surface area (Å²) in [7, 11) is 0. The predicted molar refractivity (Wildman–Crippen MR) is 134 cm³/mol. The van der Waals surface area contributed by atoms with Crippen LogP contribution in [0.2, 0.25) is 0 Å². The molecule has 1 aliphatic carbocycles. The van der Waals surface area contributed by atoms with Crippen molar-refractivity contribution in [1.29, 1.82) is 0 Å². The Hall–Kier alpha value is -2.57. The minimum Gasteiger partial charge on any atom is -0.451 e. The van der Waals surface area contributed by atoms with Gasteiger partial charge < -0.3 is 9.32 Å². The van der Waals surface area contributed by atoms with Crippen LogP contribution in [-0.2, 0) is 4.79 Å². The van der Waals surface area contributed by atoms with E-state index in [9.17, 15) is 4.79 Å². The first-order chi connectivity index (χ1) is 16.1. The molecule has 1 aromatic heterocycles. The molecule has 1 saturated carbocycles. The summed E-state index contributed by atoms with van der Waals surface area (Å²) in [5, 5.41) is 0. The van der Waals surface area contributed by atoms with Crippen molar-refractivity contribution < 1.29 is 9.21 Å². The monoisotopic (exact) mass is 463 g/mol. The van der Waals surface area contributed by atoms with Crippen molar-refractivity contribution in [2.75, 3.05) is 0 Å². The van der Waals surface area contributed by atoms with Crippen LogP contribution in [0.15, 0.2) is 76.6 Å². The Kier molecular flexibility index (Phi) is 8.24. The second-order valence-electron chi connectivity index (χ2n) is 9.06. The molecule has 6 heteroatoms. The number of oxazole rings is 1. The molecule has 1 fully saturated rings. The molecular formula is C27H33N3O2S. The summed E-state index contributed by atoms with van der Waals surface area (Å²) < 4.78 is 8.72. The van der Waals surface area contributed by atoms with Crippen LogP contribution in [0.1, 0.15) is 57.6 Å². The SMILES string of the molecule is CC(C[C@H]1CC[C@@H](NSc2ccc(-c3cocn3)cc2)CC1)N(C=O)[C@H](C)c1ccccc1. The summed E-state index contributed by atoms with van der Waals surface area (Å²) in [6.07, 6.45) is 9.99. The van der Waals surface area contributed by atoms with Crippen LogP contribution in [0.4, 0.5) is 0 Å². The zero-order chi connectivity index (χ0) is 23.0. The standard InChI is InChI=1S/C27H33N3O2S/c1-20(30(19-31)21(2)23-6-4-3-5-7-23)16-22-8-12-25(13-9-22)29-33-26-14-10-24(11-15-26)27-17-32-18-28-27/h3-7,10-11,14-15,17-22,25,29H,8-9,12-13,16H2,1-2H3/t20?,21-,22-,25+/m1/s1. The minimum absolute atomic E-state index is 0.101. The zero-order valence-corrected chi connectivity index (χ0v) is 20.2. The van der Waals surface area contributed by atoms with Gasteiger partial charge in [-0.05, 0) is 81.5 Å². The number of nitrogens with zero attached hydrogens (tertiary/aromatic N) is 2. The third kappa shape index (κ3) is 6.27. The maximum atomic E-state index is 11.9. The lowest BCUT2D eigenvalue weighted by Gasteiger charge is -2.36. The average Bonchev–Trinajstić information content (AvgIpc) is 3.40. The maximum absolute atomic E-state index is 11.9. The van der Waals surface area contributed by atoms with Gasteiger partial charge in [0.1, 0.15) is 12.0 Å². The van der Waals surface area contributed by atoms with Gasteiger partial charge in [-0.15, -0.1) is 0 Å². The quantitative estimate of drug-likeness (QED) is 0.275. The highest BCUT2D eigenvalue weighted by Crippen LogP contribution is 2.32. The Labute approximate surface area is 201 Å². The van der Waals surface area contributed by atoms with Gasteiger partial charge in [0.05, 0.1) is 6.04 Å². The van der Waals surface area contributed by atoms with Crippen LogP contribution in [0.5, 0.6) is 0 Å². The van der Waals surface area contributed by atoms with E-state index in [0.717, 1.165) is 24.1 Å². The van der Waals surface area contributed by atoms with Gasteiger partial charge in [0.2, 0.25) is 6.41 Å². The molecule has 174 valence electrons. The molecule has 1 N–H and O–H groups in total. The summed E-state index contributed by atoms with van der Waals surface area (Å²) in [4.78, 5) is 19.2. The number of rotatable bonds is 10. The Bertz CT molecular complexity index is 970. The third-order valence-electron chi connectivity index (χ3n) is 6.81. The molecule has 1 aliphatic rings. The van der Waals surface area contributed by atoms with Gasteiger partial charge in [-0.25, -0.2) is 4.98 Å². The van der Waals surface area contributed by atoms with Crippen molar-refractivity contribution in [2.45, 2.75) is 69.0 Å². The normalized spacial score (nSPS) is 20.2. The fourth-order valence-corrected chi connectivity index (χ4v) is 5.61. The van der Waals surface area contributed by atoms with Gasteiger partial charge in [-0.3, -0.25) is 9.52 Å². The van der Waals surface area contributed by atoms with Crippen molar-refractivity contribution in [3.63, 3.8) is 0 Å². The molecule has 0 radical (unpaired) electrons. The number of amides is 1. The fourth-order valence-electron chi connectivity index (χ4n) is 4.80. The van der Waals surface area contributed by atoms with E-state index in [1.165, 1.54) is 42.5 Å². The third-order valence-corrected chi connectivity index (χ3v) is 7.77. The molecule has 5 nitrogen and oxygen atoms in total. The van der Waals surface area contributed by atoms with Gasteiger partial charge >= 0.3 is 0 Å². The highest BCUT2D eigenvalue weighted by molar-refractivity contribution is 7.97. The van der Waals surface area contributed by atoms with Crippen LogP contribution in [-0.4, -0.2) is 28.4 Å². The second-order valence-corrected chi connectivity index (χ2v) is 9.97. The minimum atomic E-state index is 0.101. The molecule has 1 unspecified atom stereocenters. The summed E-state index contributed by atoms with van der Waals surface area (Å²) in [6.45, 7) is 4.31. The predicted octanol–water partition coefficient (Wildman–Crippen LogP) is 6.50. The van der Waals surface area contributed by atoms with E-state index in [1.807, 2.05) is 23.1 Å². The molecule has 0 aliphatic heterocycles. The van der Waals surface area contributed by atoms with Crippen LogP contribution < -0.4 is 4.72 Å². The van der Waals surface area contributed by atoms with E-state index >= 15 is 0 Å². The Morgan fingerprint density at radius 3 is 2.45 bits per heavy atom. The molecular weight excluding hydrogens is 430 g/mol. The number of carbonyl (C=O) groups excluding carboxylic acids is 1. The Morgan fingerprint density at radius 1 is 1.09 bits per heavy atom. The van der Waals surface area contributed by atoms with Gasteiger partial charge in [-0.1, -0.05) is 42.5 Å². The molecule has 0 spiro atoms. The van der Waals surface area contributed by atoms with Crippen molar-refractivity contribution in [2.24, 2.45) is 5.92 Å². The zero-order valence-electron chi connectivity index (χ0n) is 19.4. The van der Waals surface area contributed by atoms with Gasteiger partial charge in [0.15, 0.2) is 6.39 Å². The average molecular weight is 464 g/mol. The largest absolute Gasteiger partial charge is 0.451 e. The van der Waals surface area contributed by atoms with Gasteiger partial charge in [0, 0.05) is 22.5 Å². The van der Waals surface area contributed by atoms with Crippen LogP contribution in [0.25, 0.3) is 11.3 Å². The first kappa shape index (κ1) is 23.6. The highest BCUT2D eigenvalue weighted by Gasteiger charge is 2.26. The molecule has 1 heterocycles. The summed E-state index contributed by atoms with van der Waals surface area (Å²) in [5.41, 5.74) is 3.11. The van der Waals surface area contributed by atoms with Crippen molar-refractivity contribution >= 4 is 18.4 Å². The van der Waals surface area contributed by atoms with Crippen LogP contribution in [0.3, 0.4) is 0 Å². The fraction of sp³-hybridized carbons (Fsp3) is 0.407. The van der Waals surface area contributed by atoms with Crippen molar-refractivity contribution in [3.05, 3.63) is 72.8 Å². The van der Waals surface area contributed by atoms with Crippen LogP contribution in [0, 0.1) is 5.92 Å². The van der Waals surface area contributed by atoms with Crippen molar-refractivity contribution in [1.82, 2.24) is 14.6 Å². The van der Waals surface area contributed by atoms with Gasteiger partial charge in [0.25, 0.3) is 0 Å². The lowest BCUT2D eigenvalue weighted by Crippen LogP contribution is -2.37. The van der Waals surface area contributed by atoms with E-state index in [1.54, 1.807) is 18.2 Å². The van der Waals surface area contributed by atoms with Gasteiger partial charge in [-0.2, -0.15) is 0 Å². The molecule has 2 atom stereocenters. The van der Waals surface area contributed by atoms with Crippen LogP contribution >= 0.6 is 11.9 Å². The molecule has 2 aromatic carbocycles. The highest BCUT2D eigenvalue weighted by atomic mass is 32.2. The summed E-state index contributed by atoms with van der Waals surface area (Å²) in [5.74, 6) is 0.676. The first-order valence-electron chi connectivity index (χ1n) is 11.8. The maximum Gasteiger partial charge on any atom is 0.210 e. The molecule has 33 heavy (non-hydrogen) atoms. The lowest BCUT2D eigenvalue weighted by atomic mass is 9.82. The number of benzene rings is 2. The number of hydrogen-bond acceptors (Lipinski definition) is 5. The Balaban J connectivity index is 1.21. The Morgan fingerprint density at radius 2 is 1.82 bits per heavy atom. The summed E-state index contributed by atoms with van der Waals surface area (Å²) in [6, 6.07) is 19.6. The number of nitrogens with one attached hydrogen (secondary N) is 1. The molecule has 0 saturated heterocycles. The van der Waals surface area contributed by atoms with E-state index in [0.29, 0.717) is 12.0 Å².